The lowest BCUT2D eigenvalue weighted by Gasteiger charge is -2.49. The van der Waals surface area contributed by atoms with Gasteiger partial charge in [0.25, 0.3) is 5.79 Å². The summed E-state index contributed by atoms with van der Waals surface area (Å²) in [6.45, 7) is 7.27. The molecule has 3 rings (SSSR count). The van der Waals surface area contributed by atoms with Gasteiger partial charge in [-0.2, -0.15) is 0 Å². The maximum absolute atomic E-state index is 13.0. The number of methoxy groups -OCH3 is 1. The zero-order valence-electron chi connectivity index (χ0n) is 14.6. The van der Waals surface area contributed by atoms with E-state index in [-0.39, 0.29) is 0 Å². The molecule has 2 atom stereocenters. The maximum Gasteiger partial charge on any atom is 0.330 e. The summed E-state index contributed by atoms with van der Waals surface area (Å²) in [4.78, 5) is 26.0. The molecular formula is C19H22O6. The van der Waals surface area contributed by atoms with Crippen LogP contribution in [-0.4, -0.2) is 31.4 Å². The molecule has 0 amide bonds. The Hall–Kier alpha value is -2.34. The van der Waals surface area contributed by atoms with E-state index in [1.54, 1.807) is 37.5 Å². The van der Waals surface area contributed by atoms with E-state index < -0.39 is 35.2 Å². The molecule has 0 unspecified atom stereocenters. The lowest BCUT2D eigenvalue weighted by Crippen LogP contribution is -2.61. The molecule has 0 aliphatic carbocycles. The fourth-order valence-corrected chi connectivity index (χ4v) is 3.54. The molecule has 1 aromatic rings. The van der Waals surface area contributed by atoms with Gasteiger partial charge in [0.05, 0.1) is 7.11 Å². The van der Waals surface area contributed by atoms with Crippen molar-refractivity contribution >= 4 is 11.9 Å². The van der Waals surface area contributed by atoms with Gasteiger partial charge in [-0.15, -0.1) is 6.58 Å². The van der Waals surface area contributed by atoms with Crippen molar-refractivity contribution in [3.8, 4) is 5.75 Å². The Bertz CT molecular complexity index is 670. The van der Waals surface area contributed by atoms with Gasteiger partial charge >= 0.3 is 11.9 Å². The molecule has 0 saturated carbocycles. The number of carbonyl (C=O) groups is 2. The van der Waals surface area contributed by atoms with Crippen LogP contribution in [0.2, 0.25) is 0 Å². The van der Waals surface area contributed by atoms with Gasteiger partial charge in [-0.05, 0) is 24.1 Å². The average molecular weight is 346 g/mol. The maximum atomic E-state index is 13.0. The number of benzene rings is 1. The molecule has 1 spiro atoms. The first-order valence-electron chi connectivity index (χ1n) is 8.20. The summed E-state index contributed by atoms with van der Waals surface area (Å²) in [6, 6.07) is 7.06. The normalized spacial score (nSPS) is 27.3. The van der Waals surface area contributed by atoms with Crippen molar-refractivity contribution in [3.63, 3.8) is 0 Å². The van der Waals surface area contributed by atoms with Crippen LogP contribution in [0.3, 0.4) is 0 Å². The van der Waals surface area contributed by atoms with E-state index in [1.807, 2.05) is 0 Å². The molecular weight excluding hydrogens is 324 g/mol. The molecule has 6 heteroatoms. The summed E-state index contributed by atoms with van der Waals surface area (Å²) in [5.74, 6) is -2.35. The first-order valence-corrected chi connectivity index (χ1v) is 8.20. The van der Waals surface area contributed by atoms with Crippen LogP contribution in [0.25, 0.3) is 0 Å². The first kappa shape index (κ1) is 17.5. The first-order chi connectivity index (χ1) is 11.8. The van der Waals surface area contributed by atoms with E-state index >= 15 is 0 Å². The second kappa shape index (κ2) is 6.19. The molecule has 6 nitrogen and oxygen atoms in total. The highest BCUT2D eigenvalue weighted by Gasteiger charge is 2.66. The van der Waals surface area contributed by atoms with Gasteiger partial charge in [0, 0.05) is 26.4 Å². The molecule has 134 valence electrons. The Morgan fingerprint density at radius 2 is 1.76 bits per heavy atom. The summed E-state index contributed by atoms with van der Waals surface area (Å²) in [5, 5.41) is 0. The Balaban J connectivity index is 2.10. The fourth-order valence-electron chi connectivity index (χ4n) is 3.54. The molecule has 2 aliphatic rings. The van der Waals surface area contributed by atoms with E-state index in [2.05, 4.69) is 6.58 Å². The molecule has 2 aliphatic heterocycles. The predicted molar refractivity (Wildman–Crippen MR) is 88.7 cm³/mol. The monoisotopic (exact) mass is 346 g/mol. The number of cyclic esters (lactones) is 2. The molecule has 25 heavy (non-hydrogen) atoms. The molecule has 0 bridgehead atoms. The number of ether oxygens (including phenoxy) is 4. The van der Waals surface area contributed by atoms with E-state index in [0.717, 1.165) is 0 Å². The average Bonchev–Trinajstić information content (AvgIpc) is 2.58. The van der Waals surface area contributed by atoms with Crippen molar-refractivity contribution in [2.24, 2.45) is 11.3 Å². The van der Waals surface area contributed by atoms with Gasteiger partial charge in [0.15, 0.2) is 0 Å². The highest BCUT2D eigenvalue weighted by Crippen LogP contribution is 2.53. The minimum Gasteiger partial charge on any atom is -0.497 e. The minimum atomic E-state index is -1.59. The van der Waals surface area contributed by atoms with Crippen LogP contribution < -0.4 is 4.74 Å². The van der Waals surface area contributed by atoms with Crippen molar-refractivity contribution < 1.29 is 28.5 Å². The van der Waals surface area contributed by atoms with Crippen LogP contribution in [0.5, 0.6) is 5.75 Å². The molecule has 0 radical (unpaired) electrons. The van der Waals surface area contributed by atoms with E-state index in [9.17, 15) is 9.59 Å². The van der Waals surface area contributed by atoms with Crippen molar-refractivity contribution in [3.05, 3.63) is 42.5 Å². The van der Waals surface area contributed by atoms with Gasteiger partial charge in [-0.25, -0.2) is 0 Å². The highest BCUT2D eigenvalue weighted by molar-refractivity contribution is 6.03. The Labute approximate surface area is 146 Å². The third kappa shape index (κ3) is 2.70. The SMILES string of the molecule is C=C[C@H]1CCO[C@H](c2ccc(OC)cc2)C12C(=O)OC(C)(C)OC2=O. The van der Waals surface area contributed by atoms with Crippen molar-refractivity contribution in [1.82, 2.24) is 0 Å². The summed E-state index contributed by atoms with van der Waals surface area (Å²) in [6.07, 6.45) is 1.28. The second-order valence-electron chi connectivity index (χ2n) is 6.70. The van der Waals surface area contributed by atoms with Crippen molar-refractivity contribution in [2.75, 3.05) is 13.7 Å². The van der Waals surface area contributed by atoms with Gasteiger partial charge in [0.1, 0.15) is 11.9 Å². The van der Waals surface area contributed by atoms with E-state index in [0.29, 0.717) is 24.3 Å². The van der Waals surface area contributed by atoms with Crippen molar-refractivity contribution in [1.29, 1.82) is 0 Å². The summed E-state index contributed by atoms with van der Waals surface area (Å²) in [5.41, 5.74) is -0.912. The number of allylic oxidation sites excluding steroid dienone is 1. The Morgan fingerprint density at radius 1 is 1.16 bits per heavy atom. The lowest BCUT2D eigenvalue weighted by molar-refractivity contribution is -0.270. The van der Waals surface area contributed by atoms with Crippen molar-refractivity contribution in [2.45, 2.75) is 32.2 Å². The van der Waals surface area contributed by atoms with Gasteiger partial charge < -0.3 is 18.9 Å². The van der Waals surface area contributed by atoms with Gasteiger partial charge in [0.2, 0.25) is 5.41 Å². The van der Waals surface area contributed by atoms with Crippen LogP contribution in [0.15, 0.2) is 36.9 Å². The Kier molecular flexibility index (Phi) is 4.33. The molecule has 0 N–H and O–H groups in total. The molecule has 2 heterocycles. The summed E-state index contributed by atoms with van der Waals surface area (Å²) in [7, 11) is 1.57. The smallest absolute Gasteiger partial charge is 0.330 e. The quantitative estimate of drug-likeness (QED) is 0.476. The molecule has 2 fully saturated rings. The van der Waals surface area contributed by atoms with Crippen LogP contribution in [0, 0.1) is 11.3 Å². The molecule has 2 saturated heterocycles. The largest absolute Gasteiger partial charge is 0.497 e. The van der Waals surface area contributed by atoms with Crippen LogP contribution in [0.4, 0.5) is 0 Å². The van der Waals surface area contributed by atoms with E-state index in [1.165, 1.54) is 13.8 Å². The number of rotatable bonds is 3. The second-order valence-corrected chi connectivity index (χ2v) is 6.70. The lowest BCUT2D eigenvalue weighted by atomic mass is 9.65. The molecule has 0 aromatic heterocycles. The molecule has 1 aromatic carbocycles. The third-order valence-corrected chi connectivity index (χ3v) is 4.77. The number of esters is 2. The number of hydrogen-bond acceptors (Lipinski definition) is 6. The Morgan fingerprint density at radius 3 is 2.28 bits per heavy atom. The van der Waals surface area contributed by atoms with E-state index in [4.69, 9.17) is 18.9 Å². The number of carbonyl (C=O) groups excluding carboxylic acids is 2. The zero-order chi connectivity index (χ0) is 18.2. The minimum absolute atomic E-state index is 0.402. The standard InChI is InChI=1S/C19H22O6/c1-5-13-10-11-23-15(12-6-8-14(22-4)9-7-12)19(13)16(20)24-18(2,3)25-17(19)21/h5-9,13,15H,1,10-11H2,2-4H3/t13-,15+/m0/s1. The summed E-state index contributed by atoms with van der Waals surface area (Å²) >= 11 is 0. The number of hydrogen-bond donors (Lipinski definition) is 0. The van der Waals surface area contributed by atoms with Crippen LogP contribution in [-0.2, 0) is 23.8 Å². The topological polar surface area (TPSA) is 71.1 Å². The van der Waals surface area contributed by atoms with Gasteiger partial charge in [-0.3, -0.25) is 9.59 Å². The van der Waals surface area contributed by atoms with Gasteiger partial charge in [-0.1, -0.05) is 18.2 Å². The fraction of sp³-hybridized carbons (Fsp3) is 0.474. The summed E-state index contributed by atoms with van der Waals surface area (Å²) < 4.78 is 21.9. The van der Waals surface area contributed by atoms with Crippen LogP contribution in [0.1, 0.15) is 31.9 Å². The zero-order valence-corrected chi connectivity index (χ0v) is 14.6. The predicted octanol–water partition coefficient (Wildman–Crippen LogP) is 2.78. The highest BCUT2D eigenvalue weighted by atomic mass is 16.7. The third-order valence-electron chi connectivity index (χ3n) is 4.77. The van der Waals surface area contributed by atoms with Crippen LogP contribution >= 0.6 is 0 Å².